The van der Waals surface area contributed by atoms with Crippen molar-refractivity contribution in [1.29, 1.82) is 0 Å². The van der Waals surface area contributed by atoms with Crippen LogP contribution < -0.4 is 0 Å². The Hall–Kier alpha value is -2.78. The molecule has 1 fully saturated rings. The van der Waals surface area contributed by atoms with Gasteiger partial charge in [-0.3, -0.25) is 4.79 Å². The minimum atomic E-state index is -4.50. The minimum absolute atomic E-state index is 0.185. The van der Waals surface area contributed by atoms with Gasteiger partial charge in [0.2, 0.25) is 5.91 Å². The molecule has 130 valence electrons. The maximum Gasteiger partial charge on any atom is 0.397 e. The molecule has 10 heteroatoms. The monoisotopic (exact) mass is 350 g/mol. The molecule has 4 rings (SSSR count). The van der Waals surface area contributed by atoms with E-state index in [0.29, 0.717) is 23.3 Å². The summed E-state index contributed by atoms with van der Waals surface area (Å²) in [5, 5.41) is 17.9. The van der Waals surface area contributed by atoms with Gasteiger partial charge in [-0.2, -0.15) is 23.4 Å². The number of alkyl halides is 3. The Kier molecular flexibility index (Phi) is 3.55. The summed E-state index contributed by atoms with van der Waals surface area (Å²) in [5.74, 6) is -1.09. The number of nitrogens with zero attached hydrogens (tertiary/aromatic N) is 5. The van der Waals surface area contributed by atoms with E-state index in [1.807, 2.05) is 6.07 Å². The fourth-order valence-electron chi connectivity index (χ4n) is 3.27. The molecule has 0 bridgehead atoms. The van der Waals surface area contributed by atoms with Crippen molar-refractivity contribution in [2.75, 3.05) is 13.1 Å². The predicted molar refractivity (Wildman–Crippen MR) is 81.6 cm³/mol. The van der Waals surface area contributed by atoms with Crippen molar-refractivity contribution in [2.45, 2.75) is 24.9 Å². The molecule has 3 aromatic heterocycles. The maximum absolute atomic E-state index is 12.4. The van der Waals surface area contributed by atoms with Crippen molar-refractivity contribution >= 4 is 27.8 Å². The third kappa shape index (κ3) is 2.87. The van der Waals surface area contributed by atoms with E-state index in [9.17, 15) is 18.0 Å². The molecule has 1 unspecified atom stereocenters. The standard InChI is InChI=1S/C15H13F3N6O/c16-15(17,18)5-11(25)24-4-2-8(7-24)13-12-9-1-3-19-14(9)23-21-10(12)6-20-22-13/h1,3,6,8H,2,4-5,7H2,(H,19,23). The zero-order chi connectivity index (χ0) is 17.6. The molecule has 0 spiro atoms. The van der Waals surface area contributed by atoms with Gasteiger partial charge in [-0.1, -0.05) is 0 Å². The highest BCUT2D eigenvalue weighted by Gasteiger charge is 2.37. The Bertz CT molecular complexity index is 953. The van der Waals surface area contributed by atoms with Gasteiger partial charge in [-0.25, -0.2) is 0 Å². The lowest BCUT2D eigenvalue weighted by atomic mass is 9.99. The first-order valence-corrected chi connectivity index (χ1v) is 7.72. The van der Waals surface area contributed by atoms with Crippen molar-refractivity contribution in [3.63, 3.8) is 0 Å². The van der Waals surface area contributed by atoms with Crippen LogP contribution in [0.1, 0.15) is 24.5 Å². The first-order chi connectivity index (χ1) is 11.9. The molecule has 1 atom stereocenters. The summed E-state index contributed by atoms with van der Waals surface area (Å²) in [7, 11) is 0. The van der Waals surface area contributed by atoms with Crippen LogP contribution in [-0.4, -0.2) is 55.5 Å². The number of amides is 1. The summed E-state index contributed by atoms with van der Waals surface area (Å²) >= 11 is 0. The fourth-order valence-corrected chi connectivity index (χ4v) is 3.27. The van der Waals surface area contributed by atoms with Crippen molar-refractivity contribution < 1.29 is 18.0 Å². The van der Waals surface area contributed by atoms with Crippen LogP contribution in [0.4, 0.5) is 13.2 Å². The number of nitrogens with one attached hydrogen (secondary N) is 1. The van der Waals surface area contributed by atoms with E-state index < -0.39 is 18.5 Å². The average Bonchev–Trinajstić information content (AvgIpc) is 3.22. The SMILES string of the molecule is O=C(CC(F)(F)F)N1CCC(c2nncc3nnc4[nH]ccc4c23)C1. The number of aromatic nitrogens is 5. The number of hydrogen-bond donors (Lipinski definition) is 1. The van der Waals surface area contributed by atoms with Crippen molar-refractivity contribution in [1.82, 2.24) is 30.3 Å². The summed E-state index contributed by atoms with van der Waals surface area (Å²) in [4.78, 5) is 16.0. The molecule has 25 heavy (non-hydrogen) atoms. The van der Waals surface area contributed by atoms with Gasteiger partial charge in [0.05, 0.1) is 11.9 Å². The smallest absolute Gasteiger partial charge is 0.345 e. The van der Waals surface area contributed by atoms with E-state index in [1.54, 1.807) is 6.20 Å². The second-order valence-corrected chi connectivity index (χ2v) is 6.05. The molecule has 1 saturated heterocycles. The molecule has 7 nitrogen and oxygen atoms in total. The first-order valence-electron chi connectivity index (χ1n) is 7.72. The van der Waals surface area contributed by atoms with Crippen LogP contribution in [0.5, 0.6) is 0 Å². The van der Waals surface area contributed by atoms with Crippen LogP contribution in [0.2, 0.25) is 0 Å². The molecule has 1 aliphatic rings. The minimum Gasteiger partial charge on any atom is -0.345 e. The summed E-state index contributed by atoms with van der Waals surface area (Å²) < 4.78 is 37.3. The number of carbonyl (C=O) groups excluding carboxylic acids is 1. The van der Waals surface area contributed by atoms with Crippen molar-refractivity contribution in [3.8, 4) is 0 Å². The Morgan fingerprint density at radius 1 is 1.32 bits per heavy atom. The lowest BCUT2D eigenvalue weighted by Gasteiger charge is -2.17. The molecule has 0 saturated carbocycles. The van der Waals surface area contributed by atoms with E-state index >= 15 is 0 Å². The largest absolute Gasteiger partial charge is 0.397 e. The van der Waals surface area contributed by atoms with E-state index in [-0.39, 0.29) is 19.0 Å². The third-order valence-corrected chi connectivity index (χ3v) is 4.39. The third-order valence-electron chi connectivity index (χ3n) is 4.39. The molecule has 0 aromatic carbocycles. The Balaban J connectivity index is 1.67. The molecule has 0 radical (unpaired) electrons. The van der Waals surface area contributed by atoms with Crippen LogP contribution in [0.25, 0.3) is 21.9 Å². The van der Waals surface area contributed by atoms with Gasteiger partial charge >= 0.3 is 6.18 Å². The molecule has 1 aliphatic heterocycles. The zero-order valence-electron chi connectivity index (χ0n) is 12.9. The highest BCUT2D eigenvalue weighted by molar-refractivity contribution is 6.03. The Labute approximate surface area is 139 Å². The Morgan fingerprint density at radius 2 is 2.16 bits per heavy atom. The van der Waals surface area contributed by atoms with E-state index in [2.05, 4.69) is 25.4 Å². The number of hydrogen-bond acceptors (Lipinski definition) is 5. The summed E-state index contributed by atoms with van der Waals surface area (Å²) in [5.41, 5.74) is 1.81. The summed E-state index contributed by atoms with van der Waals surface area (Å²) in [6, 6.07) is 1.85. The first kappa shape index (κ1) is 15.7. The second kappa shape index (κ2) is 5.64. The lowest BCUT2D eigenvalue weighted by molar-refractivity contribution is -0.160. The number of fused-ring (bicyclic) bond motifs is 3. The van der Waals surface area contributed by atoms with Gasteiger partial charge < -0.3 is 9.88 Å². The number of aromatic amines is 1. The number of H-pyrrole nitrogens is 1. The van der Waals surface area contributed by atoms with Gasteiger partial charge in [-0.05, 0) is 12.5 Å². The second-order valence-electron chi connectivity index (χ2n) is 6.05. The van der Waals surface area contributed by atoms with E-state index in [1.165, 1.54) is 11.1 Å². The molecule has 0 aliphatic carbocycles. The number of carbonyl (C=O) groups is 1. The molecule has 1 N–H and O–H groups in total. The number of likely N-dealkylation sites (tertiary alicyclic amines) is 1. The average molecular weight is 350 g/mol. The van der Waals surface area contributed by atoms with Gasteiger partial charge in [0.25, 0.3) is 0 Å². The van der Waals surface area contributed by atoms with Gasteiger partial charge in [0.15, 0.2) is 5.65 Å². The van der Waals surface area contributed by atoms with Crippen molar-refractivity contribution in [3.05, 3.63) is 24.2 Å². The van der Waals surface area contributed by atoms with Gasteiger partial charge in [0, 0.05) is 36.0 Å². The van der Waals surface area contributed by atoms with Crippen LogP contribution in [0.3, 0.4) is 0 Å². The fraction of sp³-hybridized carbons (Fsp3) is 0.400. The molecular formula is C15H13F3N6O. The van der Waals surface area contributed by atoms with Crippen LogP contribution >= 0.6 is 0 Å². The van der Waals surface area contributed by atoms with Gasteiger partial charge in [0.1, 0.15) is 11.9 Å². The van der Waals surface area contributed by atoms with Crippen LogP contribution in [-0.2, 0) is 4.79 Å². The predicted octanol–water partition coefficient (Wildman–Crippen LogP) is 2.17. The quantitative estimate of drug-likeness (QED) is 0.765. The molecular weight excluding hydrogens is 337 g/mol. The Morgan fingerprint density at radius 3 is 2.96 bits per heavy atom. The van der Waals surface area contributed by atoms with Crippen LogP contribution in [0.15, 0.2) is 18.5 Å². The maximum atomic E-state index is 12.4. The number of rotatable bonds is 2. The van der Waals surface area contributed by atoms with E-state index in [4.69, 9.17) is 0 Å². The highest BCUT2D eigenvalue weighted by atomic mass is 19.4. The summed E-state index contributed by atoms with van der Waals surface area (Å²) in [6.07, 6.45) is -2.17. The topological polar surface area (TPSA) is 87.7 Å². The molecule has 4 heterocycles. The normalized spacial score (nSPS) is 18.4. The zero-order valence-corrected chi connectivity index (χ0v) is 12.9. The van der Waals surface area contributed by atoms with Crippen molar-refractivity contribution in [2.24, 2.45) is 0 Å². The molecule has 1 amide bonds. The lowest BCUT2D eigenvalue weighted by Crippen LogP contribution is -2.32. The van der Waals surface area contributed by atoms with Gasteiger partial charge in [-0.15, -0.1) is 10.2 Å². The van der Waals surface area contributed by atoms with Crippen LogP contribution in [0, 0.1) is 0 Å². The molecule has 3 aromatic rings. The number of halogens is 3. The highest BCUT2D eigenvalue weighted by Crippen LogP contribution is 2.33. The summed E-state index contributed by atoms with van der Waals surface area (Å²) in [6.45, 7) is 0.462. The van der Waals surface area contributed by atoms with E-state index in [0.717, 1.165) is 10.8 Å².